The number of allylic oxidation sites excluding steroid dienone is 3. The summed E-state index contributed by atoms with van der Waals surface area (Å²) in [4.78, 5) is 0. The monoisotopic (exact) mass is 474 g/mol. The molecule has 178 valence electrons. The van der Waals surface area contributed by atoms with Gasteiger partial charge in [0, 0.05) is 5.25 Å². The zero-order valence-corrected chi connectivity index (χ0v) is 21.7. The number of thioether (sulfide) groups is 2. The first-order valence-corrected chi connectivity index (χ1v) is 14.4. The second-order valence-corrected chi connectivity index (χ2v) is 11.0. The molecule has 0 saturated heterocycles. The zero-order valence-electron chi connectivity index (χ0n) is 20.0. The van der Waals surface area contributed by atoms with Gasteiger partial charge in [-0.05, 0) is 93.2 Å². The van der Waals surface area contributed by atoms with Gasteiger partial charge in [-0.2, -0.15) is 23.5 Å². The Bertz CT molecular complexity index is 706. The smallest absolute Gasteiger partial charge is 0.113 e. The van der Waals surface area contributed by atoms with Crippen LogP contribution in [0.2, 0.25) is 0 Å². The lowest BCUT2D eigenvalue weighted by atomic mass is 9.94. The number of hydrogen-bond donors (Lipinski definition) is 0. The maximum absolute atomic E-state index is 5.57. The van der Waals surface area contributed by atoms with Gasteiger partial charge in [-0.25, -0.2) is 0 Å². The Morgan fingerprint density at radius 3 is 2.28 bits per heavy atom. The average Bonchev–Trinajstić information content (AvgIpc) is 3.51. The van der Waals surface area contributed by atoms with Gasteiger partial charge in [-0.15, -0.1) is 6.58 Å². The Hall–Kier alpha value is -1.26. The summed E-state index contributed by atoms with van der Waals surface area (Å²) in [5.41, 5.74) is 0. The minimum Gasteiger partial charge on any atom is -0.468 e. The van der Waals surface area contributed by atoms with Crippen molar-refractivity contribution in [2.75, 3.05) is 5.75 Å². The first kappa shape index (κ1) is 27.0. The topological polar surface area (TPSA) is 26.3 Å². The van der Waals surface area contributed by atoms with Gasteiger partial charge >= 0.3 is 0 Å². The Morgan fingerprint density at radius 1 is 0.906 bits per heavy atom. The van der Waals surface area contributed by atoms with Crippen LogP contribution in [0, 0.1) is 11.8 Å². The van der Waals surface area contributed by atoms with E-state index >= 15 is 0 Å². The molecule has 2 aromatic rings. The molecule has 2 aromatic heterocycles. The van der Waals surface area contributed by atoms with Crippen LogP contribution in [0.3, 0.4) is 0 Å². The highest BCUT2D eigenvalue weighted by Crippen LogP contribution is 2.30. The van der Waals surface area contributed by atoms with Gasteiger partial charge in [0.05, 0.1) is 24.0 Å². The molecule has 0 aliphatic heterocycles. The van der Waals surface area contributed by atoms with E-state index in [9.17, 15) is 0 Å². The molecule has 0 aliphatic carbocycles. The van der Waals surface area contributed by atoms with Crippen LogP contribution >= 0.6 is 23.5 Å². The van der Waals surface area contributed by atoms with E-state index < -0.39 is 0 Å². The molecular weight excluding hydrogens is 432 g/mol. The molecule has 2 rings (SSSR count). The minimum absolute atomic E-state index is 0.624. The van der Waals surface area contributed by atoms with Gasteiger partial charge in [0.2, 0.25) is 0 Å². The van der Waals surface area contributed by atoms with Gasteiger partial charge in [-0.3, -0.25) is 0 Å². The highest BCUT2D eigenvalue weighted by atomic mass is 32.2. The van der Waals surface area contributed by atoms with Crippen molar-refractivity contribution in [2.24, 2.45) is 11.8 Å². The molecule has 3 atom stereocenters. The molecule has 2 nitrogen and oxygen atoms in total. The van der Waals surface area contributed by atoms with Crippen molar-refractivity contribution in [3.63, 3.8) is 0 Å². The summed E-state index contributed by atoms with van der Waals surface area (Å²) in [5.74, 6) is 6.72. The average molecular weight is 475 g/mol. The molecule has 0 fully saturated rings. The van der Waals surface area contributed by atoms with Crippen LogP contribution in [0.5, 0.6) is 0 Å². The van der Waals surface area contributed by atoms with E-state index in [2.05, 4.69) is 62.5 Å². The molecule has 0 saturated carbocycles. The lowest BCUT2D eigenvalue weighted by Crippen LogP contribution is -2.09. The molecule has 32 heavy (non-hydrogen) atoms. The predicted octanol–water partition coefficient (Wildman–Crippen LogP) is 9.54. The highest BCUT2D eigenvalue weighted by Gasteiger charge is 2.15. The van der Waals surface area contributed by atoms with Crippen molar-refractivity contribution in [3.05, 3.63) is 73.1 Å². The van der Waals surface area contributed by atoms with Crippen molar-refractivity contribution in [1.82, 2.24) is 0 Å². The van der Waals surface area contributed by atoms with Crippen molar-refractivity contribution >= 4 is 23.5 Å². The fourth-order valence-electron chi connectivity index (χ4n) is 3.75. The minimum atomic E-state index is 0.624. The van der Waals surface area contributed by atoms with Gasteiger partial charge in [0.25, 0.3) is 0 Å². The molecule has 3 unspecified atom stereocenters. The highest BCUT2D eigenvalue weighted by molar-refractivity contribution is 7.99. The normalized spacial score (nSPS) is 14.6. The molecule has 0 spiro atoms. The first-order chi connectivity index (χ1) is 15.7. The summed E-state index contributed by atoms with van der Waals surface area (Å²) in [6.45, 7) is 8.71. The van der Waals surface area contributed by atoms with E-state index in [4.69, 9.17) is 8.83 Å². The number of rotatable bonds is 19. The van der Waals surface area contributed by atoms with Crippen molar-refractivity contribution in [1.29, 1.82) is 0 Å². The molecule has 0 N–H and O–H groups in total. The third kappa shape index (κ3) is 12.1. The quantitative estimate of drug-likeness (QED) is 0.149. The first-order valence-electron chi connectivity index (χ1n) is 12.2. The van der Waals surface area contributed by atoms with Crippen LogP contribution in [-0.2, 0) is 11.5 Å². The van der Waals surface area contributed by atoms with Gasteiger partial charge in [-0.1, -0.05) is 32.1 Å². The van der Waals surface area contributed by atoms with Crippen LogP contribution in [-0.4, -0.2) is 11.0 Å². The Labute approximate surface area is 204 Å². The van der Waals surface area contributed by atoms with E-state index in [1.54, 1.807) is 12.5 Å². The summed E-state index contributed by atoms with van der Waals surface area (Å²) < 4.78 is 11.0. The molecule has 2 heterocycles. The van der Waals surface area contributed by atoms with Gasteiger partial charge in [0.1, 0.15) is 11.5 Å². The Kier molecular flexibility index (Phi) is 14.5. The maximum atomic E-state index is 5.57. The fourth-order valence-corrected chi connectivity index (χ4v) is 6.00. The van der Waals surface area contributed by atoms with Crippen molar-refractivity contribution < 1.29 is 8.83 Å². The number of hydrogen-bond acceptors (Lipinski definition) is 4. The van der Waals surface area contributed by atoms with Gasteiger partial charge in [0.15, 0.2) is 0 Å². The lowest BCUT2D eigenvalue weighted by Gasteiger charge is -2.21. The molecule has 0 bridgehead atoms. The third-order valence-corrected chi connectivity index (χ3v) is 8.31. The van der Waals surface area contributed by atoms with Crippen LogP contribution in [0.15, 0.2) is 70.4 Å². The van der Waals surface area contributed by atoms with E-state index in [-0.39, 0.29) is 0 Å². The van der Waals surface area contributed by atoms with E-state index in [0.29, 0.717) is 11.2 Å². The largest absolute Gasteiger partial charge is 0.468 e. The Morgan fingerprint density at radius 2 is 1.62 bits per heavy atom. The molecule has 0 amide bonds. The van der Waals surface area contributed by atoms with E-state index in [1.807, 2.05) is 23.9 Å². The molecule has 4 heteroatoms. The molecule has 0 aromatic carbocycles. The summed E-state index contributed by atoms with van der Waals surface area (Å²) in [6, 6.07) is 8.12. The molecular formula is C28H42O2S2. The van der Waals surface area contributed by atoms with Crippen LogP contribution in [0.25, 0.3) is 0 Å². The zero-order chi connectivity index (χ0) is 22.9. The predicted molar refractivity (Wildman–Crippen MR) is 143 cm³/mol. The number of furan rings is 2. The van der Waals surface area contributed by atoms with Crippen LogP contribution in [0.4, 0.5) is 0 Å². The Balaban J connectivity index is 1.72. The standard InChI is InChI=1S/C28H42O2S2/c1-4-6-7-8-11-25(5-2)15-17-28(32-23-27-13-10-20-30-27)16-14-24(3)18-21-31-22-26-12-9-19-29-26/h5-7,9-10,12-13,19-20,24-25,28H,2,4,8,11,14-18,21-23H2,1,3H3/b7-6+. The second-order valence-electron chi connectivity index (χ2n) is 8.65. The summed E-state index contributed by atoms with van der Waals surface area (Å²) in [5, 5.41) is 0.687. The lowest BCUT2D eigenvalue weighted by molar-refractivity contribution is 0.461. The summed E-state index contributed by atoms with van der Waals surface area (Å²) >= 11 is 4.05. The van der Waals surface area contributed by atoms with E-state index in [0.717, 1.165) is 35.4 Å². The second kappa shape index (κ2) is 17.2. The van der Waals surface area contributed by atoms with Crippen molar-refractivity contribution in [2.45, 2.75) is 82.0 Å². The SMILES string of the molecule is C=CC(CC/C=C/CC)CCC(CCC(C)CCSCc1ccco1)SCc1ccco1. The van der Waals surface area contributed by atoms with Crippen molar-refractivity contribution in [3.8, 4) is 0 Å². The maximum Gasteiger partial charge on any atom is 0.113 e. The van der Waals surface area contributed by atoms with Crippen LogP contribution in [0.1, 0.15) is 76.7 Å². The molecule has 0 radical (unpaired) electrons. The fraction of sp³-hybridized carbons (Fsp3) is 0.571. The summed E-state index contributed by atoms with van der Waals surface area (Å²) in [7, 11) is 0. The summed E-state index contributed by atoms with van der Waals surface area (Å²) in [6.07, 6.45) is 20.2. The third-order valence-electron chi connectivity index (χ3n) is 5.90. The van der Waals surface area contributed by atoms with Gasteiger partial charge < -0.3 is 8.83 Å². The van der Waals surface area contributed by atoms with E-state index in [1.165, 1.54) is 50.7 Å². The molecule has 0 aliphatic rings. The van der Waals surface area contributed by atoms with Crippen LogP contribution < -0.4 is 0 Å².